The van der Waals surface area contributed by atoms with Crippen molar-refractivity contribution in [2.45, 2.75) is 27.2 Å². The molecule has 1 heterocycles. The van der Waals surface area contributed by atoms with E-state index in [9.17, 15) is 4.79 Å². The lowest BCUT2D eigenvalue weighted by Crippen LogP contribution is -2.15. The Morgan fingerprint density at radius 1 is 1.04 bits per heavy atom. The number of nitrogens with one attached hydrogen (secondary N) is 2. The van der Waals surface area contributed by atoms with Crippen LogP contribution in [0.4, 0.5) is 17.3 Å². The van der Waals surface area contributed by atoms with Gasteiger partial charge in [0.1, 0.15) is 5.69 Å². The zero-order chi connectivity index (χ0) is 18.5. The van der Waals surface area contributed by atoms with Crippen LogP contribution in [0.1, 0.15) is 34.1 Å². The Kier molecular flexibility index (Phi) is 5.27. The van der Waals surface area contributed by atoms with E-state index in [1.165, 1.54) is 5.56 Å². The number of rotatable bonds is 5. The van der Waals surface area contributed by atoms with Crippen LogP contribution in [-0.4, -0.2) is 15.9 Å². The minimum atomic E-state index is -0.257. The highest BCUT2D eigenvalue weighted by molar-refractivity contribution is 6.03. The molecule has 1 aromatic heterocycles. The summed E-state index contributed by atoms with van der Waals surface area (Å²) >= 11 is 0. The summed E-state index contributed by atoms with van der Waals surface area (Å²) in [5, 5.41) is 6.12. The summed E-state index contributed by atoms with van der Waals surface area (Å²) in [6.07, 6.45) is 2.48. The summed E-state index contributed by atoms with van der Waals surface area (Å²) in [7, 11) is 0. The molecular formula is C21H22N4O. The third-order valence-corrected chi connectivity index (χ3v) is 4.17. The summed E-state index contributed by atoms with van der Waals surface area (Å²) < 4.78 is 0. The number of benzene rings is 2. The maximum atomic E-state index is 12.6. The minimum absolute atomic E-state index is 0.257. The van der Waals surface area contributed by atoms with Gasteiger partial charge in [0, 0.05) is 17.6 Å². The van der Waals surface area contributed by atoms with E-state index in [1.807, 2.05) is 50.2 Å². The van der Waals surface area contributed by atoms with E-state index in [2.05, 4.69) is 33.6 Å². The summed E-state index contributed by atoms with van der Waals surface area (Å²) in [5.74, 6) is 0.146. The summed E-state index contributed by atoms with van der Waals surface area (Å²) in [4.78, 5) is 21.2. The van der Waals surface area contributed by atoms with Crippen molar-refractivity contribution in [3.8, 4) is 0 Å². The zero-order valence-corrected chi connectivity index (χ0v) is 15.2. The van der Waals surface area contributed by atoms with E-state index in [-0.39, 0.29) is 5.91 Å². The van der Waals surface area contributed by atoms with Gasteiger partial charge in [-0.25, -0.2) is 9.97 Å². The van der Waals surface area contributed by atoms with Gasteiger partial charge >= 0.3 is 0 Å². The molecule has 0 bridgehead atoms. The monoisotopic (exact) mass is 346 g/mol. The van der Waals surface area contributed by atoms with E-state index in [1.54, 1.807) is 12.3 Å². The molecule has 2 N–H and O–H groups in total. The highest BCUT2D eigenvalue weighted by Gasteiger charge is 2.11. The number of amides is 1. The van der Waals surface area contributed by atoms with Crippen molar-refractivity contribution >= 4 is 23.2 Å². The Labute approximate surface area is 153 Å². The minimum Gasteiger partial charge on any atom is -0.324 e. The van der Waals surface area contributed by atoms with Gasteiger partial charge in [-0.15, -0.1) is 0 Å². The van der Waals surface area contributed by atoms with Gasteiger partial charge in [0.15, 0.2) is 0 Å². The zero-order valence-electron chi connectivity index (χ0n) is 15.2. The number of carbonyl (C=O) groups excluding carboxylic acids is 1. The van der Waals surface area contributed by atoms with E-state index in [4.69, 9.17) is 0 Å². The third kappa shape index (κ3) is 4.06. The highest BCUT2D eigenvalue weighted by Crippen LogP contribution is 2.20. The second kappa shape index (κ2) is 7.78. The van der Waals surface area contributed by atoms with Crippen LogP contribution in [0.2, 0.25) is 0 Å². The fraction of sp³-hybridized carbons (Fsp3) is 0.190. The number of hydrogen-bond donors (Lipinski definition) is 2. The topological polar surface area (TPSA) is 66.9 Å². The van der Waals surface area contributed by atoms with Crippen molar-refractivity contribution in [1.82, 2.24) is 9.97 Å². The first-order chi connectivity index (χ1) is 12.6. The van der Waals surface area contributed by atoms with Crippen molar-refractivity contribution < 1.29 is 4.79 Å². The van der Waals surface area contributed by atoms with Gasteiger partial charge in [0.05, 0.1) is 0 Å². The lowest BCUT2D eigenvalue weighted by molar-refractivity contribution is 0.102. The molecule has 0 fully saturated rings. The van der Waals surface area contributed by atoms with Crippen molar-refractivity contribution in [2.75, 3.05) is 10.6 Å². The number of nitrogens with zero attached hydrogens (tertiary/aromatic N) is 2. The summed E-state index contributed by atoms with van der Waals surface area (Å²) in [6.45, 7) is 6.05. The molecule has 132 valence electrons. The smallest absolute Gasteiger partial charge is 0.274 e. The molecule has 3 aromatic rings. The molecule has 5 nitrogen and oxygen atoms in total. The molecule has 5 heteroatoms. The molecule has 0 saturated carbocycles. The van der Waals surface area contributed by atoms with E-state index >= 15 is 0 Å². The van der Waals surface area contributed by atoms with Crippen molar-refractivity contribution in [2.24, 2.45) is 0 Å². The fourth-order valence-corrected chi connectivity index (χ4v) is 2.67. The van der Waals surface area contributed by atoms with Gasteiger partial charge in [-0.05, 0) is 55.2 Å². The molecule has 0 unspecified atom stereocenters. The third-order valence-electron chi connectivity index (χ3n) is 4.17. The van der Waals surface area contributed by atoms with Crippen LogP contribution in [0, 0.1) is 13.8 Å². The van der Waals surface area contributed by atoms with Crippen LogP contribution >= 0.6 is 0 Å². The van der Waals surface area contributed by atoms with Crippen LogP contribution in [-0.2, 0) is 6.42 Å². The lowest BCUT2D eigenvalue weighted by Gasteiger charge is -2.11. The molecule has 1 amide bonds. The highest BCUT2D eigenvalue weighted by atomic mass is 16.1. The molecule has 0 aliphatic rings. The maximum Gasteiger partial charge on any atom is 0.274 e. The molecule has 0 radical (unpaired) electrons. The van der Waals surface area contributed by atoms with Gasteiger partial charge in [0.25, 0.3) is 5.91 Å². The largest absolute Gasteiger partial charge is 0.324 e. The number of para-hydroxylation sites is 1. The van der Waals surface area contributed by atoms with Crippen LogP contribution in [0.3, 0.4) is 0 Å². The Bertz CT molecular complexity index is 937. The number of anilines is 3. The molecule has 0 saturated heterocycles. The van der Waals surface area contributed by atoms with E-state index in [0.717, 1.165) is 28.9 Å². The van der Waals surface area contributed by atoms with Crippen LogP contribution in [0.15, 0.2) is 54.7 Å². The quantitative estimate of drug-likeness (QED) is 0.705. The van der Waals surface area contributed by atoms with Gasteiger partial charge < -0.3 is 10.6 Å². The molecule has 0 atom stereocenters. The second-order valence-electron chi connectivity index (χ2n) is 6.17. The predicted octanol–water partition coefficient (Wildman–Crippen LogP) is 4.65. The lowest BCUT2D eigenvalue weighted by atomic mass is 10.1. The average molecular weight is 346 g/mol. The standard InChI is InChI=1S/C21H22N4O/c1-4-16-7-5-6-8-17(16)24-21-22-12-11-18(25-21)20(26)23-19-13-14(2)9-10-15(19)3/h5-13H,4H2,1-3H3,(H,23,26)(H,22,24,25). The number of hydrogen-bond acceptors (Lipinski definition) is 4. The van der Waals surface area contributed by atoms with Crippen LogP contribution < -0.4 is 10.6 Å². The molecule has 0 aliphatic heterocycles. The predicted molar refractivity (Wildman–Crippen MR) is 105 cm³/mol. The first kappa shape index (κ1) is 17.6. The normalized spacial score (nSPS) is 10.4. The Morgan fingerprint density at radius 3 is 2.65 bits per heavy atom. The molecule has 0 spiro atoms. The van der Waals surface area contributed by atoms with Crippen molar-refractivity contribution in [3.05, 3.63) is 77.1 Å². The molecular weight excluding hydrogens is 324 g/mol. The average Bonchev–Trinajstić information content (AvgIpc) is 2.65. The van der Waals surface area contributed by atoms with Crippen molar-refractivity contribution in [1.29, 1.82) is 0 Å². The van der Waals surface area contributed by atoms with Gasteiger partial charge in [-0.1, -0.05) is 37.3 Å². The van der Waals surface area contributed by atoms with Gasteiger partial charge in [-0.3, -0.25) is 4.79 Å². The van der Waals surface area contributed by atoms with Gasteiger partial charge in [0.2, 0.25) is 5.95 Å². The number of aromatic nitrogens is 2. The second-order valence-corrected chi connectivity index (χ2v) is 6.17. The first-order valence-electron chi connectivity index (χ1n) is 8.63. The Hall–Kier alpha value is -3.21. The summed E-state index contributed by atoms with van der Waals surface area (Å²) in [6, 6.07) is 15.5. The number of aryl methyl sites for hydroxylation is 3. The maximum absolute atomic E-state index is 12.6. The Balaban J connectivity index is 1.80. The van der Waals surface area contributed by atoms with Crippen LogP contribution in [0.5, 0.6) is 0 Å². The summed E-state index contributed by atoms with van der Waals surface area (Å²) in [5.41, 5.74) is 5.32. The van der Waals surface area contributed by atoms with E-state index in [0.29, 0.717) is 11.6 Å². The van der Waals surface area contributed by atoms with Crippen molar-refractivity contribution in [3.63, 3.8) is 0 Å². The van der Waals surface area contributed by atoms with Gasteiger partial charge in [-0.2, -0.15) is 0 Å². The molecule has 0 aliphatic carbocycles. The van der Waals surface area contributed by atoms with E-state index < -0.39 is 0 Å². The SMILES string of the molecule is CCc1ccccc1Nc1nccc(C(=O)Nc2cc(C)ccc2C)n1. The number of carbonyl (C=O) groups is 1. The fourth-order valence-electron chi connectivity index (χ4n) is 2.67. The molecule has 26 heavy (non-hydrogen) atoms. The first-order valence-corrected chi connectivity index (χ1v) is 8.63. The Morgan fingerprint density at radius 2 is 1.85 bits per heavy atom. The molecule has 3 rings (SSSR count). The van der Waals surface area contributed by atoms with Crippen LogP contribution in [0.25, 0.3) is 0 Å². The molecule has 2 aromatic carbocycles.